The Hall–Kier alpha value is -2.70. The number of carbonyl (C=O) groups is 1. The summed E-state index contributed by atoms with van der Waals surface area (Å²) in [4.78, 5) is 26.6. The lowest BCUT2D eigenvalue weighted by atomic mass is 10.3. The van der Waals surface area contributed by atoms with Crippen LogP contribution in [-0.2, 0) is 0 Å². The van der Waals surface area contributed by atoms with Crippen LogP contribution in [0, 0.1) is 0 Å². The molecule has 23 heavy (non-hydrogen) atoms. The Morgan fingerprint density at radius 1 is 1.13 bits per heavy atom. The van der Waals surface area contributed by atoms with Gasteiger partial charge in [0, 0.05) is 38.4 Å². The monoisotopic (exact) mass is 312 g/mol. The number of rotatable bonds is 6. The summed E-state index contributed by atoms with van der Waals surface area (Å²) in [7, 11) is 0. The largest absolute Gasteiger partial charge is 0.368 e. The Morgan fingerprint density at radius 3 is 2.78 bits per heavy atom. The number of nitrogens with zero attached hydrogens (tertiary/aromatic N) is 4. The lowest BCUT2D eigenvalue weighted by molar-refractivity contribution is 0.0950. The number of pyridine rings is 1. The predicted molar refractivity (Wildman–Crippen MR) is 88.5 cm³/mol. The van der Waals surface area contributed by atoms with Crippen molar-refractivity contribution in [2.75, 3.05) is 36.4 Å². The Balaban J connectivity index is 1.45. The average molecular weight is 312 g/mol. The van der Waals surface area contributed by atoms with E-state index in [-0.39, 0.29) is 5.91 Å². The van der Waals surface area contributed by atoms with Gasteiger partial charge >= 0.3 is 0 Å². The van der Waals surface area contributed by atoms with Crippen molar-refractivity contribution < 1.29 is 4.79 Å². The lowest BCUT2D eigenvalue weighted by Gasteiger charge is -2.16. The molecule has 0 atom stereocenters. The third-order valence-electron chi connectivity index (χ3n) is 3.70. The molecule has 0 bridgehead atoms. The van der Waals surface area contributed by atoms with E-state index in [2.05, 4.69) is 30.5 Å². The van der Waals surface area contributed by atoms with E-state index >= 15 is 0 Å². The van der Waals surface area contributed by atoms with Crippen LogP contribution < -0.4 is 15.5 Å². The Labute approximate surface area is 135 Å². The fourth-order valence-corrected chi connectivity index (χ4v) is 2.52. The van der Waals surface area contributed by atoms with Gasteiger partial charge in [0.2, 0.25) is 0 Å². The quantitative estimate of drug-likeness (QED) is 0.783. The Kier molecular flexibility index (Phi) is 4.98. The molecule has 3 rings (SSSR count). The number of carbonyl (C=O) groups excluding carboxylic acids is 1. The summed E-state index contributed by atoms with van der Waals surface area (Å²) in [6, 6.07) is 7.22. The molecule has 2 N–H and O–H groups in total. The fourth-order valence-electron chi connectivity index (χ4n) is 2.52. The summed E-state index contributed by atoms with van der Waals surface area (Å²) in [5.41, 5.74) is 0.422. The minimum absolute atomic E-state index is 0.173. The van der Waals surface area contributed by atoms with Gasteiger partial charge < -0.3 is 15.5 Å². The summed E-state index contributed by atoms with van der Waals surface area (Å²) in [5.74, 6) is 1.55. The first kappa shape index (κ1) is 15.2. The van der Waals surface area contributed by atoms with Crippen molar-refractivity contribution in [3.8, 4) is 0 Å². The SMILES string of the molecule is O=C(NCCNc1cc(N2CCCC2)ncn1)c1ccccn1. The van der Waals surface area contributed by atoms with Crippen molar-refractivity contribution in [1.29, 1.82) is 0 Å². The Morgan fingerprint density at radius 2 is 2.00 bits per heavy atom. The van der Waals surface area contributed by atoms with Gasteiger partial charge in [0.25, 0.3) is 5.91 Å². The van der Waals surface area contributed by atoms with Gasteiger partial charge in [0.15, 0.2) is 0 Å². The van der Waals surface area contributed by atoms with Crippen LogP contribution in [0.1, 0.15) is 23.3 Å². The molecule has 3 heterocycles. The van der Waals surface area contributed by atoms with Gasteiger partial charge in [-0.1, -0.05) is 6.07 Å². The van der Waals surface area contributed by atoms with Crippen molar-refractivity contribution in [1.82, 2.24) is 20.3 Å². The minimum Gasteiger partial charge on any atom is -0.368 e. The molecule has 0 aliphatic carbocycles. The summed E-state index contributed by atoms with van der Waals surface area (Å²) in [6.45, 7) is 3.20. The van der Waals surface area contributed by atoms with E-state index in [4.69, 9.17) is 0 Å². The topological polar surface area (TPSA) is 83.0 Å². The first-order chi connectivity index (χ1) is 11.3. The van der Waals surface area contributed by atoms with Gasteiger partial charge in [-0.15, -0.1) is 0 Å². The molecule has 2 aromatic rings. The molecule has 0 radical (unpaired) electrons. The molecule has 1 amide bonds. The molecule has 1 aliphatic rings. The normalized spacial score (nSPS) is 13.8. The van der Waals surface area contributed by atoms with Crippen LogP contribution in [0.5, 0.6) is 0 Å². The van der Waals surface area contributed by atoms with Crippen molar-refractivity contribution in [3.05, 3.63) is 42.5 Å². The second-order valence-electron chi connectivity index (χ2n) is 5.35. The van der Waals surface area contributed by atoms with Crippen LogP contribution in [-0.4, -0.2) is 47.0 Å². The number of hydrogen-bond acceptors (Lipinski definition) is 6. The Bertz CT molecular complexity index is 642. The van der Waals surface area contributed by atoms with E-state index in [1.165, 1.54) is 12.8 Å². The minimum atomic E-state index is -0.173. The highest BCUT2D eigenvalue weighted by molar-refractivity contribution is 5.92. The van der Waals surface area contributed by atoms with E-state index in [1.54, 1.807) is 30.7 Å². The maximum atomic E-state index is 11.9. The molecular weight excluding hydrogens is 292 g/mol. The van der Waals surface area contributed by atoms with E-state index in [0.717, 1.165) is 24.7 Å². The van der Waals surface area contributed by atoms with Crippen molar-refractivity contribution in [2.45, 2.75) is 12.8 Å². The van der Waals surface area contributed by atoms with Gasteiger partial charge in [0.1, 0.15) is 23.7 Å². The third-order valence-corrected chi connectivity index (χ3v) is 3.70. The van der Waals surface area contributed by atoms with E-state index < -0.39 is 0 Å². The second kappa shape index (κ2) is 7.53. The molecule has 1 aliphatic heterocycles. The molecule has 7 heteroatoms. The first-order valence-corrected chi connectivity index (χ1v) is 7.83. The number of nitrogens with one attached hydrogen (secondary N) is 2. The smallest absolute Gasteiger partial charge is 0.269 e. The first-order valence-electron chi connectivity index (χ1n) is 7.83. The maximum absolute atomic E-state index is 11.9. The summed E-state index contributed by atoms with van der Waals surface area (Å²) in [5, 5.41) is 6.02. The van der Waals surface area contributed by atoms with Gasteiger partial charge in [0.05, 0.1) is 0 Å². The molecule has 1 fully saturated rings. The molecule has 0 spiro atoms. The summed E-state index contributed by atoms with van der Waals surface area (Å²) >= 11 is 0. The van der Waals surface area contributed by atoms with Gasteiger partial charge in [-0.05, 0) is 25.0 Å². The third kappa shape index (κ3) is 4.15. The van der Waals surface area contributed by atoms with Gasteiger partial charge in [-0.3, -0.25) is 9.78 Å². The van der Waals surface area contributed by atoms with Gasteiger partial charge in [-0.2, -0.15) is 0 Å². The zero-order valence-electron chi connectivity index (χ0n) is 12.9. The molecular formula is C16H20N6O. The van der Waals surface area contributed by atoms with Crippen LogP contribution in [0.2, 0.25) is 0 Å². The van der Waals surface area contributed by atoms with Crippen molar-refractivity contribution in [3.63, 3.8) is 0 Å². The molecule has 1 saturated heterocycles. The summed E-state index contributed by atoms with van der Waals surface area (Å²) < 4.78 is 0. The van der Waals surface area contributed by atoms with Crippen LogP contribution in [0.3, 0.4) is 0 Å². The lowest BCUT2D eigenvalue weighted by Crippen LogP contribution is -2.29. The van der Waals surface area contributed by atoms with E-state index in [1.807, 2.05) is 6.07 Å². The van der Waals surface area contributed by atoms with Crippen molar-refractivity contribution >= 4 is 17.5 Å². The molecule has 0 aromatic carbocycles. The fraction of sp³-hybridized carbons (Fsp3) is 0.375. The van der Waals surface area contributed by atoms with E-state index in [9.17, 15) is 4.79 Å². The molecule has 0 unspecified atom stereocenters. The standard InChI is InChI=1S/C16H20N6O/c23-16(13-5-1-2-6-17-13)19-8-7-18-14-11-15(21-12-20-14)22-9-3-4-10-22/h1-2,5-6,11-12H,3-4,7-10H2,(H,19,23)(H,18,20,21). The highest BCUT2D eigenvalue weighted by Gasteiger charge is 2.13. The maximum Gasteiger partial charge on any atom is 0.269 e. The number of amides is 1. The highest BCUT2D eigenvalue weighted by atomic mass is 16.1. The number of anilines is 2. The zero-order valence-corrected chi connectivity index (χ0v) is 12.9. The average Bonchev–Trinajstić information content (AvgIpc) is 3.14. The predicted octanol–water partition coefficient (Wildman–Crippen LogP) is 1.31. The number of aromatic nitrogens is 3. The van der Waals surface area contributed by atoms with Crippen LogP contribution in [0.15, 0.2) is 36.8 Å². The van der Waals surface area contributed by atoms with Gasteiger partial charge in [-0.25, -0.2) is 9.97 Å². The highest BCUT2D eigenvalue weighted by Crippen LogP contribution is 2.18. The summed E-state index contributed by atoms with van der Waals surface area (Å²) in [6.07, 6.45) is 5.61. The second-order valence-corrected chi connectivity index (χ2v) is 5.35. The van der Waals surface area contributed by atoms with Crippen LogP contribution in [0.4, 0.5) is 11.6 Å². The van der Waals surface area contributed by atoms with E-state index in [0.29, 0.717) is 18.8 Å². The molecule has 2 aromatic heterocycles. The van der Waals surface area contributed by atoms with Crippen LogP contribution in [0.25, 0.3) is 0 Å². The molecule has 7 nitrogen and oxygen atoms in total. The van der Waals surface area contributed by atoms with Crippen LogP contribution >= 0.6 is 0 Å². The molecule has 0 saturated carbocycles. The zero-order chi connectivity index (χ0) is 15.9. The molecule has 120 valence electrons. The number of hydrogen-bond donors (Lipinski definition) is 2. The van der Waals surface area contributed by atoms with Crippen molar-refractivity contribution in [2.24, 2.45) is 0 Å².